The molecule has 30 heavy (non-hydrogen) atoms. The lowest BCUT2D eigenvalue weighted by atomic mass is 9.89. The lowest BCUT2D eigenvalue weighted by Gasteiger charge is -2.38. The Morgan fingerprint density at radius 3 is 2.23 bits per heavy atom. The van der Waals surface area contributed by atoms with E-state index >= 15 is 0 Å². The maximum Gasteiger partial charge on any atom is 0.238 e. The quantitative estimate of drug-likeness (QED) is 0.702. The zero-order chi connectivity index (χ0) is 22.5. The Morgan fingerprint density at radius 2 is 1.73 bits per heavy atom. The highest BCUT2D eigenvalue weighted by atomic mass is 16.5. The van der Waals surface area contributed by atoms with E-state index in [1.54, 1.807) is 21.1 Å². The van der Waals surface area contributed by atoms with Crippen molar-refractivity contribution in [3.8, 4) is 17.6 Å². The Kier molecular flexibility index (Phi) is 8.10. The fourth-order valence-corrected chi connectivity index (χ4v) is 3.57. The van der Waals surface area contributed by atoms with Crippen molar-refractivity contribution >= 4 is 5.91 Å². The highest BCUT2D eigenvalue weighted by molar-refractivity contribution is 5.82. The SMILES string of the molecule is COc1cc(C)c(CN2CCN([C@H](C)C(=O)N[C@@](C)(C#N)C(C)C)CC2)cc1OC. The van der Waals surface area contributed by atoms with Gasteiger partial charge in [-0.05, 0) is 49.9 Å². The van der Waals surface area contributed by atoms with Gasteiger partial charge in [0.15, 0.2) is 11.5 Å². The van der Waals surface area contributed by atoms with Crippen LogP contribution in [0.15, 0.2) is 12.1 Å². The number of piperazine rings is 1. The van der Waals surface area contributed by atoms with Crippen molar-refractivity contribution < 1.29 is 14.3 Å². The lowest BCUT2D eigenvalue weighted by Crippen LogP contribution is -2.58. The summed E-state index contributed by atoms with van der Waals surface area (Å²) in [7, 11) is 3.30. The van der Waals surface area contributed by atoms with Crippen molar-refractivity contribution in [2.24, 2.45) is 5.92 Å². The molecular weight excluding hydrogens is 380 g/mol. The Bertz CT molecular complexity index is 781. The number of amides is 1. The molecule has 1 aromatic carbocycles. The topological polar surface area (TPSA) is 77.8 Å². The van der Waals surface area contributed by atoms with E-state index in [4.69, 9.17) is 9.47 Å². The van der Waals surface area contributed by atoms with Crippen molar-refractivity contribution in [1.29, 1.82) is 5.26 Å². The molecule has 1 heterocycles. The number of ether oxygens (including phenoxy) is 2. The van der Waals surface area contributed by atoms with Gasteiger partial charge >= 0.3 is 0 Å². The van der Waals surface area contributed by atoms with Gasteiger partial charge in [-0.1, -0.05) is 13.8 Å². The Balaban J connectivity index is 1.95. The predicted octanol–water partition coefficient (Wildman–Crippen LogP) is 2.57. The average molecular weight is 417 g/mol. The number of methoxy groups -OCH3 is 2. The number of hydrogen-bond donors (Lipinski definition) is 1. The van der Waals surface area contributed by atoms with E-state index in [1.807, 2.05) is 32.9 Å². The molecule has 1 saturated heterocycles. The summed E-state index contributed by atoms with van der Waals surface area (Å²) < 4.78 is 10.8. The van der Waals surface area contributed by atoms with Crippen LogP contribution in [0.2, 0.25) is 0 Å². The van der Waals surface area contributed by atoms with Gasteiger partial charge in [-0.15, -0.1) is 0 Å². The number of rotatable bonds is 8. The van der Waals surface area contributed by atoms with Crippen LogP contribution in [0.1, 0.15) is 38.8 Å². The molecule has 1 aliphatic rings. The molecule has 0 spiro atoms. The molecule has 2 rings (SSSR count). The van der Waals surface area contributed by atoms with E-state index in [9.17, 15) is 10.1 Å². The average Bonchev–Trinajstić information content (AvgIpc) is 2.74. The summed E-state index contributed by atoms with van der Waals surface area (Å²) in [4.78, 5) is 17.3. The van der Waals surface area contributed by atoms with Crippen LogP contribution in [-0.2, 0) is 11.3 Å². The second-order valence-electron chi connectivity index (χ2n) is 8.58. The van der Waals surface area contributed by atoms with Gasteiger partial charge < -0.3 is 14.8 Å². The van der Waals surface area contributed by atoms with Crippen molar-refractivity contribution in [3.05, 3.63) is 23.3 Å². The van der Waals surface area contributed by atoms with Crippen molar-refractivity contribution in [3.63, 3.8) is 0 Å². The summed E-state index contributed by atoms with van der Waals surface area (Å²) in [5.41, 5.74) is 1.54. The van der Waals surface area contributed by atoms with Crippen molar-refractivity contribution in [1.82, 2.24) is 15.1 Å². The van der Waals surface area contributed by atoms with Crippen LogP contribution < -0.4 is 14.8 Å². The second-order valence-corrected chi connectivity index (χ2v) is 8.58. The molecule has 7 nitrogen and oxygen atoms in total. The number of benzene rings is 1. The summed E-state index contributed by atoms with van der Waals surface area (Å²) >= 11 is 0. The summed E-state index contributed by atoms with van der Waals surface area (Å²) in [5, 5.41) is 12.4. The number of hydrogen-bond acceptors (Lipinski definition) is 6. The number of carbonyl (C=O) groups is 1. The van der Waals surface area contributed by atoms with Gasteiger partial charge in [0.2, 0.25) is 5.91 Å². The summed E-state index contributed by atoms with van der Waals surface area (Å²) in [5.74, 6) is 1.44. The van der Waals surface area contributed by atoms with Crippen molar-refractivity contribution in [2.75, 3.05) is 40.4 Å². The first-order valence-electron chi connectivity index (χ1n) is 10.6. The molecule has 7 heteroatoms. The first-order chi connectivity index (χ1) is 14.1. The molecule has 1 amide bonds. The molecule has 1 N–H and O–H groups in total. The first-order valence-corrected chi connectivity index (χ1v) is 10.6. The third-order valence-corrected chi connectivity index (χ3v) is 6.34. The van der Waals surface area contributed by atoms with E-state index < -0.39 is 5.54 Å². The second kappa shape index (κ2) is 10.1. The van der Waals surface area contributed by atoms with Gasteiger partial charge in [-0.25, -0.2) is 0 Å². The van der Waals surface area contributed by atoms with Gasteiger partial charge in [-0.3, -0.25) is 14.6 Å². The molecule has 1 aliphatic heterocycles. The summed E-state index contributed by atoms with van der Waals surface area (Å²) in [6.07, 6.45) is 0. The number of aryl methyl sites for hydroxylation is 1. The summed E-state index contributed by atoms with van der Waals surface area (Å²) in [6.45, 7) is 13.9. The van der Waals surface area contributed by atoms with E-state index in [1.165, 1.54) is 11.1 Å². The molecule has 2 atom stereocenters. The molecule has 0 unspecified atom stereocenters. The fourth-order valence-electron chi connectivity index (χ4n) is 3.57. The highest BCUT2D eigenvalue weighted by Gasteiger charge is 2.34. The predicted molar refractivity (Wildman–Crippen MR) is 118 cm³/mol. The smallest absolute Gasteiger partial charge is 0.238 e. The molecular formula is C23H36N4O3. The van der Waals surface area contributed by atoms with Crippen LogP contribution in [0.25, 0.3) is 0 Å². The minimum Gasteiger partial charge on any atom is -0.493 e. The minimum atomic E-state index is -0.849. The number of nitriles is 1. The number of carbonyl (C=O) groups excluding carboxylic acids is 1. The highest BCUT2D eigenvalue weighted by Crippen LogP contribution is 2.31. The van der Waals surface area contributed by atoms with Gasteiger partial charge in [0.05, 0.1) is 26.3 Å². The Labute approximate surface area is 180 Å². The largest absolute Gasteiger partial charge is 0.493 e. The molecule has 0 aromatic heterocycles. The minimum absolute atomic E-state index is 0.0419. The third kappa shape index (κ3) is 5.44. The van der Waals surface area contributed by atoms with Gasteiger partial charge in [0, 0.05) is 32.7 Å². The maximum absolute atomic E-state index is 12.7. The van der Waals surface area contributed by atoms with Gasteiger partial charge in [0.25, 0.3) is 0 Å². The first kappa shape index (κ1) is 24.0. The number of nitrogens with one attached hydrogen (secondary N) is 1. The molecule has 0 radical (unpaired) electrons. The maximum atomic E-state index is 12.7. The van der Waals surface area contributed by atoms with E-state index in [2.05, 4.69) is 28.1 Å². The normalized spacial score (nSPS) is 18.4. The zero-order valence-electron chi connectivity index (χ0n) is 19.4. The monoisotopic (exact) mass is 416 g/mol. The van der Waals surface area contributed by atoms with Gasteiger partial charge in [0.1, 0.15) is 5.54 Å². The standard InChI is InChI=1S/C23H36N4O3/c1-16(2)23(5,15-24)25-22(28)18(4)27-10-8-26(9-11-27)14-19-13-21(30-7)20(29-6)12-17(19)3/h12-13,16,18H,8-11,14H2,1-7H3,(H,25,28)/t18-,23+/m1/s1. The molecule has 0 saturated carbocycles. The molecule has 0 bridgehead atoms. The Hall–Kier alpha value is -2.30. The van der Waals surface area contributed by atoms with Crippen LogP contribution in [-0.4, -0.2) is 67.7 Å². The third-order valence-electron chi connectivity index (χ3n) is 6.34. The lowest BCUT2D eigenvalue weighted by molar-refractivity contribution is -0.128. The van der Waals surface area contributed by atoms with Gasteiger partial charge in [-0.2, -0.15) is 5.26 Å². The molecule has 1 fully saturated rings. The number of nitrogens with zero attached hydrogens (tertiary/aromatic N) is 3. The van der Waals surface area contributed by atoms with E-state index in [-0.39, 0.29) is 17.9 Å². The van der Waals surface area contributed by atoms with Crippen LogP contribution in [0, 0.1) is 24.2 Å². The van der Waals surface area contributed by atoms with Crippen LogP contribution in [0.4, 0.5) is 0 Å². The Morgan fingerprint density at radius 1 is 1.17 bits per heavy atom. The van der Waals surface area contributed by atoms with Crippen LogP contribution >= 0.6 is 0 Å². The van der Waals surface area contributed by atoms with Crippen molar-refractivity contribution in [2.45, 2.75) is 52.7 Å². The molecule has 0 aliphatic carbocycles. The molecule has 1 aromatic rings. The fraction of sp³-hybridized carbons (Fsp3) is 0.652. The van der Waals surface area contributed by atoms with E-state index in [0.29, 0.717) is 0 Å². The van der Waals surface area contributed by atoms with E-state index in [0.717, 1.165) is 44.2 Å². The molecule has 166 valence electrons. The van der Waals surface area contributed by atoms with Crippen LogP contribution in [0.3, 0.4) is 0 Å². The summed E-state index contributed by atoms with van der Waals surface area (Å²) in [6, 6.07) is 6.04. The zero-order valence-corrected chi connectivity index (χ0v) is 19.4. The van der Waals surface area contributed by atoms with Crippen LogP contribution in [0.5, 0.6) is 11.5 Å².